The summed E-state index contributed by atoms with van der Waals surface area (Å²) >= 11 is 0. The van der Waals surface area contributed by atoms with Gasteiger partial charge in [0.2, 0.25) is 0 Å². The number of carbonyl (C=O) groups excluding carboxylic acids is 1. The number of anilines is 2. The number of benzene rings is 1. The van der Waals surface area contributed by atoms with Crippen LogP contribution in [0.4, 0.5) is 11.4 Å². The van der Waals surface area contributed by atoms with Crippen molar-refractivity contribution in [3.05, 3.63) is 23.8 Å². The molecule has 1 heterocycles. The summed E-state index contributed by atoms with van der Waals surface area (Å²) in [6.07, 6.45) is 1.37. The molecule has 1 unspecified atom stereocenters. The van der Waals surface area contributed by atoms with Crippen LogP contribution in [0.15, 0.2) is 18.2 Å². The van der Waals surface area contributed by atoms with Crippen LogP contribution < -0.4 is 10.6 Å². The Kier molecular flexibility index (Phi) is 4.27. The van der Waals surface area contributed by atoms with Crippen LogP contribution in [0.3, 0.4) is 0 Å². The van der Waals surface area contributed by atoms with E-state index in [0.717, 1.165) is 25.1 Å². The zero-order chi connectivity index (χ0) is 13.8. The number of β-amino-alcohol motifs (C(OH)–C–C–N with tert-alkyl or cyclic N) is 1. The molecule has 5 heteroatoms. The van der Waals surface area contributed by atoms with Crippen LogP contribution in [-0.4, -0.2) is 36.9 Å². The van der Waals surface area contributed by atoms with Gasteiger partial charge in [-0.3, -0.25) is 0 Å². The molecule has 3 N–H and O–H groups in total. The predicted molar refractivity (Wildman–Crippen MR) is 74.3 cm³/mol. The van der Waals surface area contributed by atoms with Crippen molar-refractivity contribution in [1.29, 1.82) is 0 Å². The minimum Gasteiger partial charge on any atom is -0.462 e. The molecule has 0 spiro atoms. The molecule has 0 aromatic heterocycles. The van der Waals surface area contributed by atoms with Crippen molar-refractivity contribution in [2.45, 2.75) is 25.9 Å². The van der Waals surface area contributed by atoms with Gasteiger partial charge < -0.3 is 20.5 Å². The molecule has 1 aliphatic heterocycles. The van der Waals surface area contributed by atoms with E-state index in [9.17, 15) is 9.90 Å². The van der Waals surface area contributed by atoms with Crippen LogP contribution in [0.25, 0.3) is 0 Å². The molecule has 104 valence electrons. The quantitative estimate of drug-likeness (QED) is 0.637. The summed E-state index contributed by atoms with van der Waals surface area (Å²) < 4.78 is 5.06. The highest BCUT2D eigenvalue weighted by atomic mass is 16.5. The molecule has 0 aliphatic carbocycles. The molecule has 2 rings (SSSR count). The molecular formula is C14H20N2O3. The van der Waals surface area contributed by atoms with E-state index in [1.807, 2.05) is 11.0 Å². The fourth-order valence-electron chi connectivity index (χ4n) is 2.38. The van der Waals surface area contributed by atoms with Crippen LogP contribution >= 0.6 is 0 Å². The fourth-order valence-corrected chi connectivity index (χ4v) is 2.38. The number of nitrogens with zero attached hydrogens (tertiary/aromatic N) is 1. The topological polar surface area (TPSA) is 75.8 Å². The number of hydrogen-bond donors (Lipinski definition) is 2. The smallest absolute Gasteiger partial charge is 0.340 e. The van der Waals surface area contributed by atoms with E-state index in [2.05, 4.69) is 0 Å². The molecule has 1 aromatic rings. The van der Waals surface area contributed by atoms with Gasteiger partial charge in [-0.2, -0.15) is 0 Å². The molecule has 1 atom stereocenters. The number of piperidine rings is 1. The Hall–Kier alpha value is -1.75. The van der Waals surface area contributed by atoms with Crippen molar-refractivity contribution in [2.24, 2.45) is 0 Å². The van der Waals surface area contributed by atoms with Gasteiger partial charge in [0.1, 0.15) is 0 Å². The summed E-state index contributed by atoms with van der Waals surface area (Å²) in [7, 11) is 0. The van der Waals surface area contributed by atoms with Crippen LogP contribution in [0.1, 0.15) is 30.1 Å². The third-order valence-electron chi connectivity index (χ3n) is 3.25. The van der Waals surface area contributed by atoms with Crippen molar-refractivity contribution in [3.8, 4) is 0 Å². The maximum atomic E-state index is 12.0. The molecule has 0 radical (unpaired) electrons. The molecule has 0 amide bonds. The summed E-state index contributed by atoms with van der Waals surface area (Å²) in [6, 6.07) is 5.22. The van der Waals surface area contributed by atoms with Gasteiger partial charge in [-0.1, -0.05) is 0 Å². The lowest BCUT2D eigenvalue weighted by molar-refractivity contribution is 0.0526. The predicted octanol–water partition coefficient (Wildman–Crippen LogP) is 1.41. The Labute approximate surface area is 113 Å². The van der Waals surface area contributed by atoms with Crippen LogP contribution in [0.5, 0.6) is 0 Å². The Morgan fingerprint density at radius 2 is 2.37 bits per heavy atom. The molecule has 19 heavy (non-hydrogen) atoms. The van der Waals surface area contributed by atoms with Gasteiger partial charge in [0, 0.05) is 18.8 Å². The summed E-state index contributed by atoms with van der Waals surface area (Å²) in [6.45, 7) is 3.47. The highest BCUT2D eigenvalue weighted by Gasteiger charge is 2.23. The van der Waals surface area contributed by atoms with E-state index in [0.29, 0.717) is 24.4 Å². The van der Waals surface area contributed by atoms with Gasteiger partial charge in [0.15, 0.2) is 0 Å². The van der Waals surface area contributed by atoms with Gasteiger partial charge in [0.25, 0.3) is 0 Å². The summed E-state index contributed by atoms with van der Waals surface area (Å²) in [4.78, 5) is 14.0. The van der Waals surface area contributed by atoms with Crippen molar-refractivity contribution < 1.29 is 14.6 Å². The fraction of sp³-hybridized carbons (Fsp3) is 0.500. The Balaban J connectivity index is 2.30. The summed E-state index contributed by atoms with van der Waals surface area (Å²) in [5.74, 6) is -0.370. The highest BCUT2D eigenvalue weighted by Crippen LogP contribution is 2.27. The van der Waals surface area contributed by atoms with Gasteiger partial charge in [-0.05, 0) is 38.0 Å². The highest BCUT2D eigenvalue weighted by molar-refractivity contribution is 5.97. The lowest BCUT2D eigenvalue weighted by Crippen LogP contribution is -2.39. The molecule has 0 saturated carbocycles. The van der Waals surface area contributed by atoms with Crippen LogP contribution in [-0.2, 0) is 4.74 Å². The molecule has 1 aromatic carbocycles. The second-order valence-corrected chi connectivity index (χ2v) is 4.74. The maximum Gasteiger partial charge on any atom is 0.340 e. The molecule has 1 fully saturated rings. The molecular weight excluding hydrogens is 244 g/mol. The number of hydrogen-bond acceptors (Lipinski definition) is 5. The average Bonchev–Trinajstić information content (AvgIpc) is 2.39. The first-order valence-electron chi connectivity index (χ1n) is 6.61. The van der Waals surface area contributed by atoms with Crippen LogP contribution in [0, 0.1) is 0 Å². The van der Waals surface area contributed by atoms with E-state index < -0.39 is 0 Å². The lowest BCUT2D eigenvalue weighted by Gasteiger charge is -2.33. The third-order valence-corrected chi connectivity index (χ3v) is 3.25. The van der Waals surface area contributed by atoms with Gasteiger partial charge in [-0.25, -0.2) is 4.79 Å². The summed E-state index contributed by atoms with van der Waals surface area (Å²) in [5, 5.41) is 9.75. The monoisotopic (exact) mass is 264 g/mol. The lowest BCUT2D eigenvalue weighted by atomic mass is 10.0. The van der Waals surface area contributed by atoms with E-state index in [1.54, 1.807) is 19.1 Å². The standard InChI is InChI=1S/C14H20N2O3/c1-2-19-14(18)12-8-10(15)5-6-13(12)16-7-3-4-11(17)9-16/h5-6,8,11,17H,2-4,7,9,15H2,1H3. The minimum absolute atomic E-state index is 0.329. The SMILES string of the molecule is CCOC(=O)c1cc(N)ccc1N1CCCC(O)C1. The number of aliphatic hydroxyl groups excluding tert-OH is 1. The van der Waals surface area contributed by atoms with E-state index in [-0.39, 0.29) is 12.1 Å². The van der Waals surface area contributed by atoms with E-state index >= 15 is 0 Å². The number of esters is 1. The second kappa shape index (κ2) is 5.93. The largest absolute Gasteiger partial charge is 0.462 e. The normalized spacial score (nSPS) is 19.3. The van der Waals surface area contributed by atoms with Gasteiger partial charge in [0.05, 0.1) is 24.0 Å². The van der Waals surface area contributed by atoms with Crippen molar-refractivity contribution in [3.63, 3.8) is 0 Å². The van der Waals surface area contributed by atoms with Crippen molar-refractivity contribution in [1.82, 2.24) is 0 Å². The number of rotatable bonds is 3. The Morgan fingerprint density at radius 1 is 1.58 bits per heavy atom. The zero-order valence-electron chi connectivity index (χ0n) is 11.1. The average molecular weight is 264 g/mol. The number of aliphatic hydroxyl groups is 1. The maximum absolute atomic E-state index is 12.0. The van der Waals surface area contributed by atoms with Crippen molar-refractivity contribution >= 4 is 17.3 Å². The Morgan fingerprint density at radius 3 is 3.05 bits per heavy atom. The summed E-state index contributed by atoms with van der Waals surface area (Å²) in [5.41, 5.74) is 7.53. The molecule has 0 bridgehead atoms. The van der Waals surface area contributed by atoms with E-state index in [1.165, 1.54) is 0 Å². The number of nitrogen functional groups attached to an aromatic ring is 1. The van der Waals surface area contributed by atoms with Gasteiger partial charge >= 0.3 is 5.97 Å². The minimum atomic E-state index is -0.370. The molecule has 1 saturated heterocycles. The number of ether oxygens (including phenoxy) is 1. The first-order chi connectivity index (χ1) is 9.11. The zero-order valence-corrected chi connectivity index (χ0v) is 11.1. The molecule has 5 nitrogen and oxygen atoms in total. The van der Waals surface area contributed by atoms with Crippen LogP contribution in [0.2, 0.25) is 0 Å². The van der Waals surface area contributed by atoms with Crippen molar-refractivity contribution in [2.75, 3.05) is 30.3 Å². The number of nitrogens with two attached hydrogens (primary N) is 1. The molecule has 1 aliphatic rings. The third kappa shape index (κ3) is 3.17. The van der Waals surface area contributed by atoms with Gasteiger partial charge in [-0.15, -0.1) is 0 Å². The first kappa shape index (κ1) is 13.7. The van der Waals surface area contributed by atoms with E-state index in [4.69, 9.17) is 10.5 Å². The number of carbonyl (C=O) groups is 1. The second-order valence-electron chi connectivity index (χ2n) is 4.74. The Bertz CT molecular complexity index is 462. The first-order valence-corrected chi connectivity index (χ1v) is 6.61.